The molecule has 0 saturated carbocycles. The van der Waals surface area contributed by atoms with E-state index < -0.39 is 27.6 Å². The molecule has 2 aromatic carbocycles. The molecule has 0 aliphatic carbocycles. The molecule has 1 aliphatic heterocycles. The van der Waals surface area contributed by atoms with E-state index in [2.05, 4.69) is 0 Å². The quantitative estimate of drug-likeness (QED) is 0.702. The highest BCUT2D eigenvalue weighted by Gasteiger charge is 2.39. The number of benzene rings is 2. The van der Waals surface area contributed by atoms with Crippen LogP contribution in [0.3, 0.4) is 0 Å². The normalized spacial score (nSPS) is 16.6. The first-order valence-electron chi connectivity index (χ1n) is 7.97. The molecule has 4 nitrogen and oxygen atoms in total. The number of nitrogens with zero attached hydrogens (tertiary/aromatic N) is 2. The zero-order valence-corrected chi connectivity index (χ0v) is 15.5. The van der Waals surface area contributed by atoms with Gasteiger partial charge in [-0.25, -0.2) is 12.8 Å². The third kappa shape index (κ3) is 3.90. The number of hydrogen-bond acceptors (Lipinski definition) is 3. The Hall–Kier alpha value is -1.84. The van der Waals surface area contributed by atoms with E-state index >= 15 is 0 Å². The average Bonchev–Trinajstić information content (AvgIpc) is 2.61. The SMILES string of the molecule is O=S(=O)(c1ccccc1Cl)N1CCN(c2cccc(F)c2C(F)(F)F)CC1. The maximum absolute atomic E-state index is 13.8. The van der Waals surface area contributed by atoms with E-state index in [0.717, 1.165) is 10.4 Å². The molecular weight excluding hydrogens is 408 g/mol. The molecule has 0 unspecified atom stereocenters. The standard InChI is InChI=1S/C17H15ClF4N2O2S/c18-12-4-1-2-7-15(12)27(25,26)24-10-8-23(9-11-24)14-6-3-5-13(19)16(14)17(20,21)22/h1-7H,8-11H2. The molecule has 0 bridgehead atoms. The lowest BCUT2D eigenvalue weighted by Crippen LogP contribution is -2.49. The summed E-state index contributed by atoms with van der Waals surface area (Å²) in [5.41, 5.74) is -1.63. The fourth-order valence-electron chi connectivity index (χ4n) is 3.02. The second-order valence-corrected chi connectivity index (χ2v) is 8.27. The van der Waals surface area contributed by atoms with Crippen molar-refractivity contribution < 1.29 is 26.0 Å². The van der Waals surface area contributed by atoms with E-state index in [0.29, 0.717) is 0 Å². The van der Waals surface area contributed by atoms with Crippen molar-refractivity contribution in [3.63, 3.8) is 0 Å². The zero-order chi connectivity index (χ0) is 19.8. The third-order valence-electron chi connectivity index (χ3n) is 4.31. The van der Waals surface area contributed by atoms with E-state index in [1.165, 1.54) is 35.2 Å². The summed E-state index contributed by atoms with van der Waals surface area (Å²) < 4.78 is 80.0. The molecule has 0 radical (unpaired) electrons. The molecule has 0 aromatic heterocycles. The van der Waals surface area contributed by atoms with Crippen LogP contribution in [0, 0.1) is 5.82 Å². The molecule has 0 spiro atoms. The first-order chi connectivity index (χ1) is 12.6. The Labute approximate surface area is 159 Å². The van der Waals surface area contributed by atoms with E-state index in [9.17, 15) is 26.0 Å². The first-order valence-corrected chi connectivity index (χ1v) is 9.79. The number of sulfonamides is 1. The Kier molecular flexibility index (Phi) is 5.38. The molecule has 2 aromatic rings. The monoisotopic (exact) mass is 422 g/mol. The van der Waals surface area contributed by atoms with Crippen LogP contribution >= 0.6 is 11.6 Å². The summed E-state index contributed by atoms with van der Waals surface area (Å²) in [4.78, 5) is 1.28. The molecule has 146 valence electrons. The van der Waals surface area contributed by atoms with Gasteiger partial charge in [0.2, 0.25) is 10.0 Å². The highest BCUT2D eigenvalue weighted by Crippen LogP contribution is 2.39. The summed E-state index contributed by atoms with van der Waals surface area (Å²) >= 11 is 5.96. The van der Waals surface area contributed by atoms with Crippen LogP contribution < -0.4 is 4.90 Å². The first kappa shape index (κ1) is 19.9. The predicted molar refractivity (Wildman–Crippen MR) is 93.8 cm³/mol. The van der Waals surface area contributed by atoms with Crippen LogP contribution in [0.25, 0.3) is 0 Å². The molecule has 0 atom stereocenters. The van der Waals surface area contributed by atoms with Crippen molar-refractivity contribution in [1.29, 1.82) is 0 Å². The predicted octanol–water partition coefficient (Wildman–Crippen LogP) is 4.01. The largest absolute Gasteiger partial charge is 0.421 e. The van der Waals surface area contributed by atoms with E-state index in [4.69, 9.17) is 11.6 Å². The number of alkyl halides is 3. The van der Waals surface area contributed by atoms with Crippen molar-refractivity contribution in [2.45, 2.75) is 11.1 Å². The van der Waals surface area contributed by atoms with Crippen molar-refractivity contribution in [2.75, 3.05) is 31.1 Å². The van der Waals surface area contributed by atoms with Crippen LogP contribution in [0.1, 0.15) is 5.56 Å². The van der Waals surface area contributed by atoms with Crippen molar-refractivity contribution in [3.8, 4) is 0 Å². The van der Waals surface area contributed by atoms with Gasteiger partial charge in [0.1, 0.15) is 16.3 Å². The summed E-state index contributed by atoms with van der Waals surface area (Å²) in [7, 11) is -3.87. The minimum Gasteiger partial charge on any atom is -0.368 e. The van der Waals surface area contributed by atoms with Gasteiger partial charge in [-0.3, -0.25) is 0 Å². The summed E-state index contributed by atoms with van der Waals surface area (Å²) in [6.07, 6.45) is -4.85. The summed E-state index contributed by atoms with van der Waals surface area (Å²) in [5.74, 6) is -1.36. The second-order valence-electron chi connectivity index (χ2n) is 5.95. The van der Waals surface area contributed by atoms with E-state index in [-0.39, 0.29) is 41.8 Å². The van der Waals surface area contributed by atoms with Crippen molar-refractivity contribution in [2.24, 2.45) is 0 Å². The summed E-state index contributed by atoms with van der Waals surface area (Å²) in [6, 6.07) is 9.10. The van der Waals surface area contributed by atoms with Crippen LogP contribution in [-0.4, -0.2) is 38.9 Å². The molecule has 1 aliphatic rings. The fraction of sp³-hybridized carbons (Fsp3) is 0.294. The van der Waals surface area contributed by atoms with Gasteiger partial charge in [0.15, 0.2) is 0 Å². The Balaban J connectivity index is 1.83. The zero-order valence-electron chi connectivity index (χ0n) is 13.9. The fourth-order valence-corrected chi connectivity index (χ4v) is 4.93. The Bertz CT molecular complexity index is 942. The van der Waals surface area contributed by atoms with Gasteiger partial charge in [-0.05, 0) is 24.3 Å². The molecule has 27 heavy (non-hydrogen) atoms. The highest BCUT2D eigenvalue weighted by atomic mass is 35.5. The molecule has 1 heterocycles. The number of halogens is 5. The van der Waals surface area contributed by atoms with Gasteiger partial charge < -0.3 is 4.90 Å². The lowest BCUT2D eigenvalue weighted by molar-refractivity contribution is -0.139. The summed E-state index contributed by atoms with van der Waals surface area (Å²) in [5, 5.41) is 0.0735. The highest BCUT2D eigenvalue weighted by molar-refractivity contribution is 7.89. The minimum atomic E-state index is -4.85. The van der Waals surface area contributed by atoms with E-state index in [1.54, 1.807) is 6.07 Å². The molecule has 1 fully saturated rings. The number of hydrogen-bond donors (Lipinski definition) is 0. The maximum atomic E-state index is 13.8. The molecule has 0 amide bonds. The Morgan fingerprint density at radius 1 is 0.926 bits per heavy atom. The summed E-state index contributed by atoms with van der Waals surface area (Å²) in [6.45, 7) is -0.0881. The van der Waals surface area contributed by atoms with Gasteiger partial charge in [-0.2, -0.15) is 17.5 Å². The van der Waals surface area contributed by atoms with Crippen LogP contribution in [0.2, 0.25) is 5.02 Å². The van der Waals surface area contributed by atoms with Gasteiger partial charge in [0.25, 0.3) is 0 Å². The average molecular weight is 423 g/mol. The lowest BCUT2D eigenvalue weighted by Gasteiger charge is -2.36. The van der Waals surface area contributed by atoms with Gasteiger partial charge in [0, 0.05) is 26.2 Å². The van der Waals surface area contributed by atoms with Crippen molar-refractivity contribution in [1.82, 2.24) is 4.31 Å². The number of rotatable bonds is 3. The van der Waals surface area contributed by atoms with Gasteiger partial charge in [0.05, 0.1) is 10.7 Å². The van der Waals surface area contributed by atoms with E-state index in [1.807, 2.05) is 0 Å². The van der Waals surface area contributed by atoms with Gasteiger partial charge in [-0.15, -0.1) is 0 Å². The molecule has 0 N–H and O–H groups in total. The van der Waals surface area contributed by atoms with Crippen molar-refractivity contribution >= 4 is 27.3 Å². The molecular formula is C17H15ClF4N2O2S. The maximum Gasteiger partial charge on any atom is 0.421 e. The molecule has 10 heteroatoms. The smallest absolute Gasteiger partial charge is 0.368 e. The second kappa shape index (κ2) is 7.29. The molecule has 3 rings (SSSR count). The minimum absolute atomic E-state index is 0.00375. The number of piperazine rings is 1. The van der Waals surface area contributed by atoms with Gasteiger partial charge in [-0.1, -0.05) is 29.8 Å². The van der Waals surface area contributed by atoms with Gasteiger partial charge >= 0.3 is 6.18 Å². The van der Waals surface area contributed by atoms with Crippen LogP contribution in [0.4, 0.5) is 23.2 Å². The topological polar surface area (TPSA) is 40.6 Å². The number of anilines is 1. The van der Waals surface area contributed by atoms with Crippen LogP contribution in [0.5, 0.6) is 0 Å². The Morgan fingerprint density at radius 2 is 1.56 bits per heavy atom. The van der Waals surface area contributed by atoms with Crippen LogP contribution in [-0.2, 0) is 16.2 Å². The van der Waals surface area contributed by atoms with Crippen LogP contribution in [0.15, 0.2) is 47.4 Å². The Morgan fingerprint density at radius 3 is 2.15 bits per heavy atom. The third-order valence-corrected chi connectivity index (χ3v) is 6.71. The van der Waals surface area contributed by atoms with Crippen molar-refractivity contribution in [3.05, 3.63) is 58.9 Å². The molecule has 1 saturated heterocycles. The lowest BCUT2D eigenvalue weighted by atomic mass is 10.1.